The summed E-state index contributed by atoms with van der Waals surface area (Å²) in [4.78, 5) is 17.3. The molecule has 8 heteroatoms. The number of nitrogens with zero attached hydrogens (tertiary/aromatic N) is 3. The highest BCUT2D eigenvalue weighted by atomic mass is 79.9. The van der Waals surface area contributed by atoms with Crippen LogP contribution >= 0.6 is 15.9 Å². The number of halogens is 1. The standard InChI is InChI=1S/C24H25BrN4O3/c1-3-5-20-21(23(30)31-4-2)22(29-24(28-20)26-15-27-29)17-8-12-19(13-9-17)32-14-16-6-10-18(25)11-7-16/h6-13,15,22H,3-5,14H2,1-2H3,(H,26,27,28)/t22-/m0/s1. The summed E-state index contributed by atoms with van der Waals surface area (Å²) in [5.41, 5.74) is 3.38. The minimum absolute atomic E-state index is 0.307. The molecule has 1 N–H and O–H groups in total. The number of carbonyl (C=O) groups excluding carboxylic acids is 1. The number of aromatic nitrogens is 3. The van der Waals surface area contributed by atoms with Gasteiger partial charge in [0.25, 0.3) is 0 Å². The van der Waals surface area contributed by atoms with E-state index in [4.69, 9.17) is 9.47 Å². The summed E-state index contributed by atoms with van der Waals surface area (Å²) in [6, 6.07) is 15.3. The van der Waals surface area contributed by atoms with Crippen LogP contribution in [0, 0.1) is 0 Å². The van der Waals surface area contributed by atoms with E-state index in [2.05, 4.69) is 38.3 Å². The van der Waals surface area contributed by atoms with Gasteiger partial charge in [0, 0.05) is 10.2 Å². The molecule has 0 radical (unpaired) electrons. The molecule has 0 amide bonds. The lowest BCUT2D eigenvalue weighted by atomic mass is 9.94. The van der Waals surface area contributed by atoms with Crippen LogP contribution in [-0.2, 0) is 16.1 Å². The van der Waals surface area contributed by atoms with Crippen molar-refractivity contribution in [3.8, 4) is 5.75 Å². The molecule has 0 spiro atoms. The Morgan fingerprint density at radius 3 is 2.56 bits per heavy atom. The number of nitrogens with one attached hydrogen (secondary N) is 1. The third-order valence-electron chi connectivity index (χ3n) is 5.19. The predicted molar refractivity (Wildman–Crippen MR) is 125 cm³/mol. The van der Waals surface area contributed by atoms with E-state index < -0.39 is 6.04 Å². The van der Waals surface area contributed by atoms with Crippen molar-refractivity contribution in [2.24, 2.45) is 0 Å². The molecule has 0 aliphatic carbocycles. The van der Waals surface area contributed by atoms with Crippen molar-refractivity contribution in [1.29, 1.82) is 0 Å². The van der Waals surface area contributed by atoms with E-state index in [0.29, 0.717) is 31.2 Å². The highest BCUT2D eigenvalue weighted by molar-refractivity contribution is 9.10. The Kier molecular flexibility index (Phi) is 6.90. The summed E-state index contributed by atoms with van der Waals surface area (Å²) in [6.07, 6.45) is 3.09. The monoisotopic (exact) mass is 496 g/mol. The molecule has 32 heavy (non-hydrogen) atoms. The lowest BCUT2D eigenvalue weighted by Gasteiger charge is -2.29. The molecule has 0 saturated carbocycles. The van der Waals surface area contributed by atoms with Gasteiger partial charge in [0.05, 0.1) is 12.2 Å². The van der Waals surface area contributed by atoms with Crippen LogP contribution < -0.4 is 10.1 Å². The smallest absolute Gasteiger partial charge is 0.338 e. The molecule has 2 aromatic carbocycles. The van der Waals surface area contributed by atoms with Crippen molar-refractivity contribution >= 4 is 27.8 Å². The molecular weight excluding hydrogens is 472 g/mol. The Hall–Kier alpha value is -3.13. The van der Waals surface area contributed by atoms with Crippen LogP contribution in [0.3, 0.4) is 0 Å². The normalized spacial score (nSPS) is 15.2. The number of esters is 1. The second-order valence-corrected chi connectivity index (χ2v) is 8.32. The molecule has 2 heterocycles. The van der Waals surface area contributed by atoms with E-state index in [1.165, 1.54) is 6.33 Å². The third kappa shape index (κ3) is 4.70. The second-order valence-electron chi connectivity index (χ2n) is 7.40. The first-order valence-corrected chi connectivity index (χ1v) is 11.4. The maximum absolute atomic E-state index is 12.9. The molecule has 3 aromatic rings. The average molecular weight is 497 g/mol. The molecular formula is C24H25BrN4O3. The summed E-state index contributed by atoms with van der Waals surface area (Å²) < 4.78 is 14.1. The number of allylic oxidation sites excluding steroid dienone is 1. The largest absolute Gasteiger partial charge is 0.489 e. The minimum Gasteiger partial charge on any atom is -0.489 e. The van der Waals surface area contributed by atoms with Crippen molar-refractivity contribution in [1.82, 2.24) is 14.8 Å². The zero-order chi connectivity index (χ0) is 22.5. The van der Waals surface area contributed by atoms with Crippen LogP contribution in [0.15, 0.2) is 70.6 Å². The topological polar surface area (TPSA) is 78.3 Å². The number of carbonyl (C=O) groups is 1. The number of hydrogen-bond acceptors (Lipinski definition) is 6. The van der Waals surface area contributed by atoms with E-state index in [1.54, 1.807) is 4.68 Å². The van der Waals surface area contributed by atoms with Crippen molar-refractivity contribution in [3.05, 3.63) is 81.7 Å². The fourth-order valence-corrected chi connectivity index (χ4v) is 3.97. The van der Waals surface area contributed by atoms with Gasteiger partial charge in [-0.15, -0.1) is 0 Å². The fourth-order valence-electron chi connectivity index (χ4n) is 3.71. The van der Waals surface area contributed by atoms with Crippen LogP contribution in [0.5, 0.6) is 5.75 Å². The van der Waals surface area contributed by atoms with Crippen LogP contribution in [0.2, 0.25) is 0 Å². The SMILES string of the molecule is CCCC1=C(C(=O)OCC)[C@H](c2ccc(OCc3ccc(Br)cc3)cc2)n2ncnc2N1. The molecule has 0 saturated heterocycles. The Labute approximate surface area is 195 Å². The molecule has 4 rings (SSSR count). The van der Waals surface area contributed by atoms with Gasteiger partial charge in [-0.3, -0.25) is 0 Å². The van der Waals surface area contributed by atoms with Crippen molar-refractivity contribution < 1.29 is 14.3 Å². The number of ether oxygens (including phenoxy) is 2. The van der Waals surface area contributed by atoms with Gasteiger partial charge in [-0.25, -0.2) is 9.48 Å². The highest BCUT2D eigenvalue weighted by Crippen LogP contribution is 2.37. The third-order valence-corrected chi connectivity index (χ3v) is 5.72. The molecule has 7 nitrogen and oxygen atoms in total. The van der Waals surface area contributed by atoms with E-state index in [-0.39, 0.29) is 5.97 Å². The fraction of sp³-hybridized carbons (Fsp3) is 0.292. The molecule has 1 aromatic heterocycles. The van der Waals surface area contributed by atoms with Crippen molar-refractivity contribution in [2.45, 2.75) is 39.3 Å². The molecule has 1 aliphatic heterocycles. The van der Waals surface area contributed by atoms with Crippen LogP contribution in [0.1, 0.15) is 43.9 Å². The summed E-state index contributed by atoms with van der Waals surface area (Å²) in [7, 11) is 0. The minimum atomic E-state index is -0.421. The zero-order valence-corrected chi connectivity index (χ0v) is 19.6. The van der Waals surface area contributed by atoms with Gasteiger partial charge < -0.3 is 14.8 Å². The zero-order valence-electron chi connectivity index (χ0n) is 18.0. The molecule has 0 unspecified atom stereocenters. The van der Waals surface area contributed by atoms with Crippen LogP contribution in [0.25, 0.3) is 0 Å². The number of rotatable bonds is 8. The highest BCUT2D eigenvalue weighted by Gasteiger charge is 2.35. The first-order valence-electron chi connectivity index (χ1n) is 10.6. The molecule has 0 bridgehead atoms. The average Bonchev–Trinajstić information content (AvgIpc) is 3.27. The maximum atomic E-state index is 12.9. The maximum Gasteiger partial charge on any atom is 0.338 e. The van der Waals surface area contributed by atoms with E-state index in [0.717, 1.165) is 33.5 Å². The van der Waals surface area contributed by atoms with Crippen LogP contribution in [-0.4, -0.2) is 27.3 Å². The van der Waals surface area contributed by atoms with E-state index >= 15 is 0 Å². The van der Waals surface area contributed by atoms with Gasteiger partial charge in [0.1, 0.15) is 24.7 Å². The lowest BCUT2D eigenvalue weighted by Crippen LogP contribution is -2.30. The first kappa shape index (κ1) is 22.1. The number of benzene rings is 2. The Balaban J connectivity index is 1.62. The first-order chi connectivity index (χ1) is 15.6. The summed E-state index contributed by atoms with van der Waals surface area (Å²) in [5, 5.41) is 7.63. The van der Waals surface area contributed by atoms with Crippen LogP contribution in [0.4, 0.5) is 5.95 Å². The summed E-state index contributed by atoms with van der Waals surface area (Å²) in [5.74, 6) is 1.02. The Morgan fingerprint density at radius 1 is 1.12 bits per heavy atom. The second kappa shape index (κ2) is 9.99. The van der Waals surface area contributed by atoms with Gasteiger partial charge in [-0.05, 0) is 48.7 Å². The molecule has 1 aliphatic rings. The number of anilines is 1. The molecule has 0 fully saturated rings. The van der Waals surface area contributed by atoms with Gasteiger partial charge >= 0.3 is 5.97 Å². The quantitative estimate of drug-likeness (QED) is 0.429. The van der Waals surface area contributed by atoms with Gasteiger partial charge in [0.15, 0.2) is 0 Å². The lowest BCUT2D eigenvalue weighted by molar-refractivity contribution is -0.139. The predicted octanol–water partition coefficient (Wildman–Crippen LogP) is 5.25. The Morgan fingerprint density at radius 2 is 1.88 bits per heavy atom. The van der Waals surface area contributed by atoms with E-state index in [9.17, 15) is 4.79 Å². The molecule has 1 atom stereocenters. The van der Waals surface area contributed by atoms with Crippen molar-refractivity contribution in [2.75, 3.05) is 11.9 Å². The molecule has 166 valence electrons. The van der Waals surface area contributed by atoms with Gasteiger partial charge in [0.2, 0.25) is 5.95 Å². The van der Waals surface area contributed by atoms with Gasteiger partial charge in [-0.1, -0.05) is 53.5 Å². The number of fused-ring (bicyclic) bond motifs is 1. The number of hydrogen-bond donors (Lipinski definition) is 1. The van der Waals surface area contributed by atoms with E-state index in [1.807, 2.05) is 55.5 Å². The Bertz CT molecular complexity index is 1110. The van der Waals surface area contributed by atoms with Crippen molar-refractivity contribution in [3.63, 3.8) is 0 Å². The summed E-state index contributed by atoms with van der Waals surface area (Å²) in [6.45, 7) is 4.66. The summed E-state index contributed by atoms with van der Waals surface area (Å²) >= 11 is 3.44. The van der Waals surface area contributed by atoms with Gasteiger partial charge in [-0.2, -0.15) is 10.1 Å².